The summed E-state index contributed by atoms with van der Waals surface area (Å²) >= 11 is 7.49. The minimum atomic E-state index is -0.823. The Morgan fingerprint density at radius 3 is 2.48 bits per heavy atom. The highest BCUT2D eigenvalue weighted by Gasteiger charge is 2.17. The van der Waals surface area contributed by atoms with Gasteiger partial charge in [-0.05, 0) is 55.5 Å². The number of rotatable bonds is 8. The monoisotopic (exact) mass is 377 g/mol. The van der Waals surface area contributed by atoms with Crippen LogP contribution in [0.25, 0.3) is 0 Å². The lowest BCUT2D eigenvalue weighted by Gasteiger charge is -2.13. The number of hydrogen-bond acceptors (Lipinski definition) is 4. The molecule has 0 saturated heterocycles. The molecule has 2 aromatic carbocycles. The summed E-state index contributed by atoms with van der Waals surface area (Å²) in [6, 6.07) is 16.6. The van der Waals surface area contributed by atoms with Gasteiger partial charge in [0.25, 0.3) is 5.91 Å². The number of nitrogens with one attached hydrogen (secondary N) is 1. The summed E-state index contributed by atoms with van der Waals surface area (Å²) in [6.45, 7) is 1.57. The van der Waals surface area contributed by atoms with Gasteiger partial charge in [-0.3, -0.25) is 9.59 Å². The van der Waals surface area contributed by atoms with E-state index in [1.54, 1.807) is 30.8 Å². The lowest BCUT2D eigenvalue weighted by atomic mass is 10.3. The first kappa shape index (κ1) is 19.3. The average molecular weight is 378 g/mol. The van der Waals surface area contributed by atoms with E-state index in [4.69, 9.17) is 16.3 Å². The number of para-hydroxylation sites is 1. The van der Waals surface area contributed by atoms with Gasteiger partial charge in [-0.15, -0.1) is 11.8 Å². The van der Waals surface area contributed by atoms with Gasteiger partial charge in [0.1, 0.15) is 0 Å². The van der Waals surface area contributed by atoms with Crippen molar-refractivity contribution >= 4 is 40.9 Å². The molecule has 0 aliphatic carbocycles. The Morgan fingerprint density at radius 2 is 1.80 bits per heavy atom. The molecule has 0 radical (unpaired) electrons. The Morgan fingerprint density at radius 1 is 1.12 bits per heavy atom. The number of benzene rings is 2. The van der Waals surface area contributed by atoms with Crippen LogP contribution in [0.15, 0.2) is 59.5 Å². The first-order chi connectivity index (χ1) is 12.0. The second kappa shape index (κ2) is 10.1. The summed E-state index contributed by atoms with van der Waals surface area (Å²) in [4.78, 5) is 24.9. The van der Waals surface area contributed by atoms with Gasteiger partial charge in [0.15, 0.2) is 6.10 Å². The van der Waals surface area contributed by atoms with Gasteiger partial charge < -0.3 is 10.1 Å². The molecule has 0 bridgehead atoms. The molecule has 1 atom stereocenters. The summed E-state index contributed by atoms with van der Waals surface area (Å²) in [7, 11) is 0. The molecule has 1 N–H and O–H groups in total. The van der Waals surface area contributed by atoms with E-state index in [2.05, 4.69) is 5.32 Å². The maximum Gasteiger partial charge on any atom is 0.306 e. The summed E-state index contributed by atoms with van der Waals surface area (Å²) < 4.78 is 5.17. The van der Waals surface area contributed by atoms with Crippen molar-refractivity contribution in [3.8, 4) is 0 Å². The second-order valence-corrected chi connectivity index (χ2v) is 7.00. The van der Waals surface area contributed by atoms with Crippen LogP contribution >= 0.6 is 23.4 Å². The second-order valence-electron chi connectivity index (χ2n) is 5.39. The van der Waals surface area contributed by atoms with E-state index >= 15 is 0 Å². The van der Waals surface area contributed by atoms with Gasteiger partial charge in [-0.2, -0.15) is 0 Å². The highest BCUT2D eigenvalue weighted by Crippen LogP contribution is 2.21. The van der Waals surface area contributed by atoms with Gasteiger partial charge in [0, 0.05) is 22.0 Å². The number of carbonyl (C=O) groups excluding carboxylic acids is 2. The topological polar surface area (TPSA) is 55.4 Å². The Balaban J connectivity index is 1.65. The molecule has 0 unspecified atom stereocenters. The van der Waals surface area contributed by atoms with E-state index in [1.165, 1.54) is 0 Å². The van der Waals surface area contributed by atoms with Crippen molar-refractivity contribution < 1.29 is 14.3 Å². The van der Waals surface area contributed by atoms with Crippen molar-refractivity contribution in [1.29, 1.82) is 0 Å². The smallest absolute Gasteiger partial charge is 0.306 e. The molecule has 0 heterocycles. The third-order valence-electron chi connectivity index (χ3n) is 3.33. The van der Waals surface area contributed by atoms with Crippen LogP contribution < -0.4 is 5.32 Å². The van der Waals surface area contributed by atoms with Gasteiger partial charge in [-0.1, -0.05) is 29.8 Å². The molecule has 2 rings (SSSR count). The van der Waals surface area contributed by atoms with Crippen LogP contribution in [-0.2, 0) is 14.3 Å². The molecular weight excluding hydrogens is 358 g/mol. The maximum atomic E-state index is 12.0. The SMILES string of the molecule is C[C@@H](OC(=O)CCCSc1ccc(Cl)cc1)C(=O)Nc1ccccc1. The number of amides is 1. The molecule has 0 fully saturated rings. The van der Waals surface area contributed by atoms with Crippen LogP contribution in [-0.4, -0.2) is 23.7 Å². The maximum absolute atomic E-state index is 12.0. The number of carbonyl (C=O) groups is 2. The number of anilines is 1. The summed E-state index contributed by atoms with van der Waals surface area (Å²) in [5.74, 6) is 0.0870. The molecule has 132 valence electrons. The average Bonchev–Trinajstić information content (AvgIpc) is 2.61. The Bertz CT molecular complexity index is 692. The zero-order valence-electron chi connectivity index (χ0n) is 13.9. The molecular formula is C19H20ClNO3S. The zero-order valence-corrected chi connectivity index (χ0v) is 15.5. The molecule has 1 amide bonds. The van der Waals surface area contributed by atoms with Crippen molar-refractivity contribution in [1.82, 2.24) is 0 Å². The van der Waals surface area contributed by atoms with Gasteiger partial charge in [0.05, 0.1) is 0 Å². The summed E-state index contributed by atoms with van der Waals surface area (Å²) in [5, 5.41) is 3.41. The molecule has 0 aliphatic heterocycles. The zero-order chi connectivity index (χ0) is 18.1. The standard InChI is InChI=1S/C19H20ClNO3S/c1-14(19(23)21-16-6-3-2-4-7-16)24-18(22)8-5-13-25-17-11-9-15(20)10-12-17/h2-4,6-7,9-12,14H,5,8,13H2,1H3,(H,21,23)/t14-/m1/s1. The molecule has 0 spiro atoms. The largest absolute Gasteiger partial charge is 0.453 e. The van der Waals surface area contributed by atoms with Crippen LogP contribution in [0.1, 0.15) is 19.8 Å². The van der Waals surface area contributed by atoms with E-state index in [0.717, 1.165) is 10.6 Å². The minimum Gasteiger partial charge on any atom is -0.453 e. The Kier molecular flexibility index (Phi) is 7.82. The first-order valence-corrected chi connectivity index (χ1v) is 9.35. The number of hydrogen-bond donors (Lipinski definition) is 1. The quantitative estimate of drug-likeness (QED) is 0.408. The number of esters is 1. The Labute approximate surface area is 156 Å². The number of thioether (sulfide) groups is 1. The van der Waals surface area contributed by atoms with E-state index in [-0.39, 0.29) is 18.3 Å². The van der Waals surface area contributed by atoms with Crippen molar-refractivity contribution in [3.63, 3.8) is 0 Å². The highest BCUT2D eigenvalue weighted by atomic mass is 35.5. The summed E-state index contributed by atoms with van der Waals surface area (Å²) in [5.41, 5.74) is 0.676. The van der Waals surface area contributed by atoms with E-state index < -0.39 is 6.10 Å². The van der Waals surface area contributed by atoms with Crippen LogP contribution in [0.3, 0.4) is 0 Å². The third kappa shape index (κ3) is 7.20. The van der Waals surface area contributed by atoms with E-state index in [9.17, 15) is 9.59 Å². The van der Waals surface area contributed by atoms with Crippen LogP contribution in [0.4, 0.5) is 5.69 Å². The minimum absolute atomic E-state index is 0.281. The predicted molar refractivity (Wildman–Crippen MR) is 102 cm³/mol. The van der Waals surface area contributed by atoms with Gasteiger partial charge in [-0.25, -0.2) is 0 Å². The lowest BCUT2D eigenvalue weighted by Crippen LogP contribution is -2.29. The fourth-order valence-corrected chi connectivity index (χ4v) is 2.99. The van der Waals surface area contributed by atoms with Crippen molar-refractivity contribution in [2.75, 3.05) is 11.1 Å². The molecule has 6 heteroatoms. The third-order valence-corrected chi connectivity index (χ3v) is 4.68. The fraction of sp³-hybridized carbons (Fsp3) is 0.263. The van der Waals surface area contributed by atoms with Crippen molar-refractivity contribution in [2.45, 2.75) is 30.8 Å². The van der Waals surface area contributed by atoms with Crippen molar-refractivity contribution in [3.05, 3.63) is 59.6 Å². The van der Waals surface area contributed by atoms with E-state index in [1.807, 2.05) is 42.5 Å². The van der Waals surface area contributed by atoms with Gasteiger partial charge >= 0.3 is 5.97 Å². The number of ether oxygens (including phenoxy) is 1. The van der Waals surface area contributed by atoms with E-state index in [0.29, 0.717) is 17.1 Å². The van der Waals surface area contributed by atoms with Crippen LogP contribution in [0.2, 0.25) is 5.02 Å². The fourth-order valence-electron chi connectivity index (χ4n) is 2.01. The van der Waals surface area contributed by atoms with Crippen molar-refractivity contribution in [2.24, 2.45) is 0 Å². The van der Waals surface area contributed by atoms with Gasteiger partial charge in [0.2, 0.25) is 0 Å². The Hall–Kier alpha value is -1.98. The first-order valence-electron chi connectivity index (χ1n) is 7.98. The van der Waals surface area contributed by atoms with Crippen LogP contribution in [0, 0.1) is 0 Å². The molecule has 25 heavy (non-hydrogen) atoms. The normalized spacial score (nSPS) is 11.6. The summed E-state index contributed by atoms with van der Waals surface area (Å²) in [6.07, 6.45) is 0.138. The highest BCUT2D eigenvalue weighted by molar-refractivity contribution is 7.99. The molecule has 0 aromatic heterocycles. The van der Waals surface area contributed by atoms with Crippen LogP contribution in [0.5, 0.6) is 0 Å². The molecule has 0 saturated carbocycles. The molecule has 2 aromatic rings. The lowest BCUT2D eigenvalue weighted by molar-refractivity contribution is -0.153. The predicted octanol–water partition coefficient (Wildman–Crippen LogP) is 4.78. The molecule has 4 nitrogen and oxygen atoms in total. The molecule has 0 aliphatic rings. The number of halogens is 1.